The number of hydrogen-bond acceptors (Lipinski definition) is 2. The zero-order valence-corrected chi connectivity index (χ0v) is 17.8. The molecular formula is C27H29FN2. The van der Waals surface area contributed by atoms with Gasteiger partial charge in [0.1, 0.15) is 5.82 Å². The summed E-state index contributed by atoms with van der Waals surface area (Å²) in [7, 11) is 1.89. The van der Waals surface area contributed by atoms with E-state index in [-0.39, 0.29) is 5.82 Å². The number of hydrogen-bond donors (Lipinski definition) is 1. The van der Waals surface area contributed by atoms with E-state index in [1.54, 1.807) is 12.1 Å². The van der Waals surface area contributed by atoms with Gasteiger partial charge in [0, 0.05) is 29.8 Å². The highest BCUT2D eigenvalue weighted by Crippen LogP contribution is 2.32. The van der Waals surface area contributed by atoms with Crippen molar-refractivity contribution < 1.29 is 4.39 Å². The van der Waals surface area contributed by atoms with E-state index in [9.17, 15) is 4.39 Å². The minimum absolute atomic E-state index is 0.236. The molecule has 0 aliphatic carbocycles. The number of rotatable bonds is 8. The first-order valence-electron chi connectivity index (χ1n) is 10.4. The van der Waals surface area contributed by atoms with Crippen molar-refractivity contribution in [2.75, 3.05) is 11.9 Å². The highest BCUT2D eigenvalue weighted by atomic mass is 19.1. The van der Waals surface area contributed by atoms with E-state index in [1.807, 2.05) is 19.2 Å². The summed E-state index contributed by atoms with van der Waals surface area (Å²) in [5.41, 5.74) is 5.11. The Hall–Kier alpha value is -3.33. The lowest BCUT2D eigenvalue weighted by molar-refractivity contribution is 0.627. The van der Waals surface area contributed by atoms with Gasteiger partial charge in [-0.25, -0.2) is 4.39 Å². The molecule has 30 heavy (non-hydrogen) atoms. The molecule has 0 fully saturated rings. The van der Waals surface area contributed by atoms with Gasteiger partial charge in [-0.2, -0.15) is 0 Å². The van der Waals surface area contributed by atoms with Crippen LogP contribution in [0.25, 0.3) is 5.70 Å². The monoisotopic (exact) mass is 400 g/mol. The molecule has 3 rings (SSSR count). The van der Waals surface area contributed by atoms with Gasteiger partial charge >= 0.3 is 0 Å². The minimum Gasteiger partial charge on any atom is -0.388 e. The van der Waals surface area contributed by atoms with Crippen LogP contribution in [0.4, 0.5) is 15.8 Å². The number of nitrogens with one attached hydrogen (secondary N) is 1. The number of benzene rings is 3. The lowest BCUT2D eigenvalue weighted by Crippen LogP contribution is -2.18. The maximum atomic E-state index is 13.4. The predicted molar refractivity (Wildman–Crippen MR) is 126 cm³/mol. The summed E-state index contributed by atoms with van der Waals surface area (Å²) < 4.78 is 13.4. The fourth-order valence-corrected chi connectivity index (χ4v) is 3.28. The molecule has 1 N–H and O–H groups in total. The second-order valence-electron chi connectivity index (χ2n) is 7.30. The summed E-state index contributed by atoms with van der Waals surface area (Å²) in [6.07, 6.45) is 5.47. The van der Waals surface area contributed by atoms with Crippen LogP contribution in [-0.2, 0) is 0 Å². The summed E-state index contributed by atoms with van der Waals surface area (Å²) in [4.78, 5) is 2.26. The number of anilines is 2. The van der Waals surface area contributed by atoms with Gasteiger partial charge in [-0.15, -0.1) is 0 Å². The molecule has 0 amide bonds. The molecule has 3 heteroatoms. The molecule has 0 aromatic heterocycles. The van der Waals surface area contributed by atoms with Crippen molar-refractivity contribution in [2.45, 2.75) is 20.3 Å². The van der Waals surface area contributed by atoms with Gasteiger partial charge in [-0.3, -0.25) is 0 Å². The molecule has 0 radical (unpaired) electrons. The zero-order chi connectivity index (χ0) is 21.3. The lowest BCUT2D eigenvalue weighted by Gasteiger charge is -2.28. The van der Waals surface area contributed by atoms with Crippen LogP contribution in [-0.4, -0.2) is 7.05 Å². The Morgan fingerprint density at radius 3 is 1.90 bits per heavy atom. The average Bonchev–Trinajstić information content (AvgIpc) is 2.79. The van der Waals surface area contributed by atoms with Crippen molar-refractivity contribution in [3.8, 4) is 0 Å². The summed E-state index contributed by atoms with van der Waals surface area (Å²) >= 11 is 0. The van der Waals surface area contributed by atoms with Crippen LogP contribution in [0.15, 0.2) is 103 Å². The Morgan fingerprint density at radius 1 is 0.900 bits per heavy atom. The molecule has 3 aromatic rings. The van der Waals surface area contributed by atoms with Crippen LogP contribution in [0.1, 0.15) is 25.8 Å². The molecule has 154 valence electrons. The molecule has 3 aromatic carbocycles. The number of halogens is 1. The number of nitrogens with zero attached hydrogens (tertiary/aromatic N) is 1. The van der Waals surface area contributed by atoms with Crippen LogP contribution < -0.4 is 10.2 Å². The summed E-state index contributed by atoms with van der Waals surface area (Å²) in [5.74, 6) is 0.164. The topological polar surface area (TPSA) is 15.3 Å². The molecular weight excluding hydrogens is 371 g/mol. The van der Waals surface area contributed by atoms with E-state index in [4.69, 9.17) is 0 Å². The smallest absolute Gasteiger partial charge is 0.123 e. The fraction of sp³-hybridized carbons (Fsp3) is 0.185. The third-order valence-corrected chi connectivity index (χ3v) is 5.10. The molecule has 0 heterocycles. The second-order valence-corrected chi connectivity index (χ2v) is 7.30. The Morgan fingerprint density at radius 2 is 1.43 bits per heavy atom. The van der Waals surface area contributed by atoms with Crippen LogP contribution >= 0.6 is 0 Å². The van der Waals surface area contributed by atoms with Gasteiger partial charge in [0.05, 0.1) is 0 Å². The van der Waals surface area contributed by atoms with Crippen molar-refractivity contribution >= 4 is 17.1 Å². The van der Waals surface area contributed by atoms with Crippen molar-refractivity contribution in [1.29, 1.82) is 0 Å². The van der Waals surface area contributed by atoms with Crippen LogP contribution in [0.5, 0.6) is 0 Å². The molecule has 0 spiro atoms. The van der Waals surface area contributed by atoms with Crippen LogP contribution in [0, 0.1) is 11.7 Å². The zero-order valence-electron chi connectivity index (χ0n) is 17.8. The predicted octanol–water partition coefficient (Wildman–Crippen LogP) is 7.15. The normalized spacial score (nSPS) is 13.1. The Kier molecular flexibility index (Phi) is 7.45. The van der Waals surface area contributed by atoms with Gasteiger partial charge in [0.25, 0.3) is 0 Å². The minimum atomic E-state index is -0.236. The molecule has 0 aliphatic rings. The van der Waals surface area contributed by atoms with E-state index in [0.717, 1.165) is 34.8 Å². The number of para-hydroxylation sites is 2. The van der Waals surface area contributed by atoms with Crippen molar-refractivity contribution in [3.63, 3.8) is 0 Å². The first-order valence-corrected chi connectivity index (χ1v) is 10.4. The summed E-state index contributed by atoms with van der Waals surface area (Å²) in [5, 5.41) is 3.29. The molecule has 2 nitrogen and oxygen atoms in total. The molecule has 1 atom stereocenters. The SMILES string of the molecule is CCC(C)/C=C(\C=C(/NC)c1ccc(F)cc1)N(c1ccccc1)c1ccccc1. The van der Waals surface area contributed by atoms with Crippen LogP contribution in [0.3, 0.4) is 0 Å². The van der Waals surface area contributed by atoms with Gasteiger partial charge in [0.15, 0.2) is 0 Å². The first kappa shape index (κ1) is 21.4. The lowest BCUT2D eigenvalue weighted by atomic mass is 10.0. The van der Waals surface area contributed by atoms with E-state index < -0.39 is 0 Å². The van der Waals surface area contributed by atoms with Crippen molar-refractivity contribution in [3.05, 3.63) is 114 Å². The highest BCUT2D eigenvalue weighted by molar-refractivity contribution is 5.74. The van der Waals surface area contributed by atoms with Crippen molar-refractivity contribution in [1.82, 2.24) is 5.32 Å². The van der Waals surface area contributed by atoms with Gasteiger partial charge < -0.3 is 10.2 Å². The molecule has 0 aliphatic heterocycles. The first-order chi connectivity index (χ1) is 14.6. The van der Waals surface area contributed by atoms with E-state index in [1.165, 1.54) is 12.1 Å². The van der Waals surface area contributed by atoms with Gasteiger partial charge in [-0.05, 0) is 54.0 Å². The maximum Gasteiger partial charge on any atom is 0.123 e. The van der Waals surface area contributed by atoms with E-state index in [0.29, 0.717) is 5.92 Å². The third kappa shape index (κ3) is 5.38. The van der Waals surface area contributed by atoms with Crippen LogP contribution in [0.2, 0.25) is 0 Å². The highest BCUT2D eigenvalue weighted by Gasteiger charge is 2.15. The molecule has 0 saturated carbocycles. The standard InChI is InChI=1S/C27H29FN2/c1-4-21(2)19-26(20-27(29-3)22-15-17-23(28)18-16-22)30(24-11-7-5-8-12-24)25-13-9-6-10-14-25/h5-21,29H,4H2,1-3H3/b26-19+,27-20-. The molecule has 1 unspecified atom stereocenters. The number of allylic oxidation sites excluding steroid dienone is 2. The largest absolute Gasteiger partial charge is 0.388 e. The van der Waals surface area contributed by atoms with Gasteiger partial charge in [0.2, 0.25) is 0 Å². The second kappa shape index (κ2) is 10.4. The maximum absolute atomic E-state index is 13.4. The average molecular weight is 401 g/mol. The van der Waals surface area contributed by atoms with Crippen molar-refractivity contribution in [2.24, 2.45) is 5.92 Å². The third-order valence-electron chi connectivity index (χ3n) is 5.10. The van der Waals surface area contributed by atoms with E-state index in [2.05, 4.69) is 84.7 Å². The Balaban J connectivity index is 2.17. The molecule has 0 bridgehead atoms. The fourth-order valence-electron chi connectivity index (χ4n) is 3.28. The molecule has 0 saturated heterocycles. The Bertz CT molecular complexity index is 937. The quantitative estimate of drug-likeness (QED) is 0.404. The summed E-state index contributed by atoms with van der Waals surface area (Å²) in [6.45, 7) is 4.41. The summed E-state index contributed by atoms with van der Waals surface area (Å²) in [6, 6.07) is 27.3. The van der Waals surface area contributed by atoms with E-state index >= 15 is 0 Å². The Labute approximate surface area is 179 Å². The van der Waals surface area contributed by atoms with Gasteiger partial charge in [-0.1, -0.05) is 74.9 Å².